The van der Waals surface area contributed by atoms with Crippen molar-refractivity contribution >= 4 is 34.8 Å². The first-order valence-corrected chi connectivity index (χ1v) is 12.2. The smallest absolute Gasteiger partial charge is 0.350 e. The Kier molecular flexibility index (Phi) is 7.14. The van der Waals surface area contributed by atoms with Gasteiger partial charge in [-0.1, -0.05) is 27.7 Å². The van der Waals surface area contributed by atoms with Crippen molar-refractivity contribution in [3.63, 3.8) is 0 Å². The third-order valence-corrected chi connectivity index (χ3v) is 8.18. The van der Waals surface area contributed by atoms with Crippen molar-refractivity contribution in [2.24, 2.45) is 11.8 Å². The van der Waals surface area contributed by atoms with Gasteiger partial charge in [0.15, 0.2) is 0 Å². The largest absolute Gasteiger partial charge is 0.465 e. The van der Waals surface area contributed by atoms with E-state index >= 15 is 0 Å². The van der Waals surface area contributed by atoms with Crippen LogP contribution in [0.25, 0.3) is 0 Å². The Hall–Kier alpha value is -1.89. The second-order valence-electron chi connectivity index (χ2n) is 9.95. The molecule has 3 rings (SSSR count). The van der Waals surface area contributed by atoms with Gasteiger partial charge in [0.05, 0.1) is 12.8 Å². The van der Waals surface area contributed by atoms with Crippen molar-refractivity contribution in [1.82, 2.24) is 4.90 Å². The van der Waals surface area contributed by atoms with Crippen molar-refractivity contribution in [2.45, 2.75) is 78.2 Å². The summed E-state index contributed by atoms with van der Waals surface area (Å²) in [6.45, 7) is 11.7. The number of methoxy groups -OCH3 is 1. The van der Waals surface area contributed by atoms with Crippen LogP contribution < -0.4 is 4.90 Å². The lowest BCUT2D eigenvalue weighted by Gasteiger charge is -2.34. The number of amides is 2. The zero-order valence-electron chi connectivity index (χ0n) is 19.7. The van der Waals surface area contributed by atoms with Gasteiger partial charge in [-0.2, -0.15) is 0 Å². The van der Waals surface area contributed by atoms with Crippen molar-refractivity contribution in [3.8, 4) is 0 Å². The summed E-state index contributed by atoms with van der Waals surface area (Å²) in [4.78, 5) is 44.6. The van der Waals surface area contributed by atoms with Crippen LogP contribution in [0.1, 0.15) is 81.3 Å². The summed E-state index contributed by atoms with van der Waals surface area (Å²) in [5, 5.41) is 0. The zero-order chi connectivity index (χ0) is 22.9. The Morgan fingerprint density at radius 3 is 2.35 bits per heavy atom. The Morgan fingerprint density at radius 1 is 1.19 bits per heavy atom. The number of thiophene rings is 1. The lowest BCUT2D eigenvalue weighted by molar-refractivity contribution is -0.132. The molecule has 0 spiro atoms. The van der Waals surface area contributed by atoms with Crippen LogP contribution in [0, 0.1) is 11.8 Å². The molecule has 0 radical (unpaired) electrons. The van der Waals surface area contributed by atoms with E-state index in [9.17, 15) is 14.4 Å². The molecule has 0 unspecified atom stereocenters. The number of esters is 1. The number of likely N-dealkylation sites (tertiary alicyclic amines) is 1. The van der Waals surface area contributed by atoms with Crippen LogP contribution in [0.5, 0.6) is 0 Å². The van der Waals surface area contributed by atoms with Gasteiger partial charge in [-0.15, -0.1) is 11.3 Å². The van der Waals surface area contributed by atoms with Crippen LogP contribution in [0.15, 0.2) is 6.07 Å². The minimum Gasteiger partial charge on any atom is -0.465 e. The summed E-state index contributed by atoms with van der Waals surface area (Å²) in [5.74, 6) is 0.0120. The zero-order valence-corrected chi connectivity index (χ0v) is 20.5. The standard InChI is InChI=1S/C24H36N2O4S/c1-7-25-13-12-17(22(25)28)26(21(27)16-10-8-15(2)9-11-16)18-14-19(24(3,4)5)31-20(18)23(29)30-6/h14-17H,7-13H2,1-6H3/t15-,16-,17-/m0/s1. The lowest BCUT2D eigenvalue weighted by Crippen LogP contribution is -2.48. The lowest BCUT2D eigenvalue weighted by atomic mass is 9.82. The van der Waals surface area contributed by atoms with Crippen molar-refractivity contribution < 1.29 is 19.1 Å². The molecule has 172 valence electrons. The fourth-order valence-electron chi connectivity index (χ4n) is 4.59. The maximum atomic E-state index is 13.9. The van der Waals surface area contributed by atoms with Crippen molar-refractivity contribution in [1.29, 1.82) is 0 Å². The number of hydrogen-bond acceptors (Lipinski definition) is 5. The highest BCUT2D eigenvalue weighted by molar-refractivity contribution is 7.14. The topological polar surface area (TPSA) is 66.9 Å². The van der Waals surface area contributed by atoms with E-state index in [1.54, 1.807) is 9.80 Å². The number of ether oxygens (including phenoxy) is 1. The third-order valence-electron chi connectivity index (χ3n) is 6.65. The summed E-state index contributed by atoms with van der Waals surface area (Å²) >= 11 is 1.37. The molecule has 1 saturated heterocycles. The van der Waals surface area contributed by atoms with Crippen molar-refractivity contribution in [3.05, 3.63) is 15.8 Å². The molecule has 1 saturated carbocycles. The summed E-state index contributed by atoms with van der Waals surface area (Å²) < 4.78 is 5.06. The highest BCUT2D eigenvalue weighted by atomic mass is 32.1. The van der Waals surface area contributed by atoms with Gasteiger partial charge in [-0.3, -0.25) is 14.5 Å². The first-order chi connectivity index (χ1) is 14.6. The Balaban J connectivity index is 2.08. The molecule has 2 amide bonds. The molecule has 0 bridgehead atoms. The summed E-state index contributed by atoms with van der Waals surface area (Å²) in [7, 11) is 1.36. The van der Waals surface area contributed by atoms with Crippen LogP contribution >= 0.6 is 11.3 Å². The summed E-state index contributed by atoms with van der Waals surface area (Å²) in [6, 6.07) is 1.37. The Morgan fingerprint density at radius 2 is 1.84 bits per heavy atom. The molecule has 7 heteroatoms. The van der Waals surface area contributed by atoms with Crippen LogP contribution in [-0.2, 0) is 19.7 Å². The quantitative estimate of drug-likeness (QED) is 0.617. The van der Waals surface area contributed by atoms with E-state index in [1.165, 1.54) is 18.4 Å². The van der Waals surface area contributed by atoms with E-state index in [0.29, 0.717) is 36.0 Å². The molecular weight excluding hydrogens is 412 g/mol. The van der Waals surface area contributed by atoms with E-state index in [-0.39, 0.29) is 23.1 Å². The number of rotatable bonds is 5. The monoisotopic (exact) mass is 448 g/mol. The predicted molar refractivity (Wildman–Crippen MR) is 124 cm³/mol. The van der Waals surface area contributed by atoms with Crippen LogP contribution in [0.3, 0.4) is 0 Å². The van der Waals surface area contributed by atoms with E-state index in [1.807, 2.05) is 13.0 Å². The molecule has 1 aliphatic heterocycles. The minimum atomic E-state index is -0.558. The third kappa shape index (κ3) is 4.81. The number of hydrogen-bond donors (Lipinski definition) is 0. The number of carbonyl (C=O) groups is 3. The van der Waals surface area contributed by atoms with Crippen LogP contribution in [0.4, 0.5) is 5.69 Å². The van der Waals surface area contributed by atoms with Gasteiger partial charge in [0.25, 0.3) is 0 Å². The molecular formula is C24H36N2O4S. The molecule has 2 fully saturated rings. The molecule has 2 heterocycles. The molecule has 1 atom stereocenters. The molecule has 6 nitrogen and oxygen atoms in total. The van der Waals surface area contributed by atoms with E-state index in [2.05, 4.69) is 27.7 Å². The fourth-order valence-corrected chi connectivity index (χ4v) is 5.71. The van der Waals surface area contributed by atoms with Gasteiger partial charge >= 0.3 is 5.97 Å². The Labute approximate surface area is 189 Å². The highest BCUT2D eigenvalue weighted by Crippen LogP contribution is 2.41. The first kappa shape index (κ1) is 23.8. The minimum absolute atomic E-state index is 0.0217. The van der Waals surface area contributed by atoms with Gasteiger partial charge in [0.2, 0.25) is 11.8 Å². The first-order valence-electron chi connectivity index (χ1n) is 11.4. The molecule has 1 aromatic rings. The summed E-state index contributed by atoms with van der Waals surface area (Å²) in [6.07, 6.45) is 4.29. The summed E-state index contributed by atoms with van der Waals surface area (Å²) in [5.41, 5.74) is 0.359. The second-order valence-corrected chi connectivity index (χ2v) is 11.0. The predicted octanol–water partition coefficient (Wildman–Crippen LogP) is 4.61. The highest BCUT2D eigenvalue weighted by Gasteiger charge is 2.43. The maximum absolute atomic E-state index is 13.9. The van der Waals surface area contributed by atoms with Crippen molar-refractivity contribution in [2.75, 3.05) is 25.1 Å². The molecule has 0 N–H and O–H groups in total. The van der Waals surface area contributed by atoms with Gasteiger partial charge in [0.1, 0.15) is 10.9 Å². The number of anilines is 1. The normalized spacial score (nSPS) is 24.4. The van der Waals surface area contributed by atoms with E-state index < -0.39 is 12.0 Å². The van der Waals surface area contributed by atoms with E-state index in [0.717, 1.165) is 30.6 Å². The number of carbonyl (C=O) groups excluding carboxylic acids is 3. The van der Waals surface area contributed by atoms with Gasteiger partial charge < -0.3 is 9.64 Å². The maximum Gasteiger partial charge on any atom is 0.350 e. The SMILES string of the molecule is CCN1CC[C@H](N(c2cc(C(C)(C)C)sc2C(=O)OC)C(=O)[C@H]2CC[C@H](C)CC2)C1=O. The Bertz CT molecular complexity index is 833. The molecule has 1 aliphatic carbocycles. The second kappa shape index (κ2) is 9.31. The molecule has 31 heavy (non-hydrogen) atoms. The average Bonchev–Trinajstić information content (AvgIpc) is 3.33. The van der Waals surface area contributed by atoms with Gasteiger partial charge in [-0.05, 0) is 56.4 Å². The van der Waals surface area contributed by atoms with E-state index in [4.69, 9.17) is 4.74 Å². The van der Waals surface area contributed by atoms with Gasteiger partial charge in [0, 0.05) is 23.9 Å². The number of likely N-dealkylation sites (N-methyl/N-ethyl adjacent to an activating group) is 1. The average molecular weight is 449 g/mol. The van der Waals surface area contributed by atoms with Crippen LogP contribution in [0.2, 0.25) is 0 Å². The molecule has 1 aromatic heterocycles. The molecule has 2 aliphatic rings. The molecule has 0 aromatic carbocycles. The fraction of sp³-hybridized carbons (Fsp3) is 0.708. The van der Waals surface area contributed by atoms with Crippen LogP contribution in [-0.4, -0.2) is 48.9 Å². The van der Waals surface area contributed by atoms with Gasteiger partial charge in [-0.25, -0.2) is 4.79 Å². The number of nitrogens with zero attached hydrogens (tertiary/aromatic N) is 2.